The number of hydrogen-bond acceptors (Lipinski definition) is 3. The molecule has 1 aliphatic rings. The number of para-hydroxylation sites is 1. The average molecular weight is 233 g/mol. The zero-order chi connectivity index (χ0) is 12.1. The largest absolute Gasteiger partial charge is 0.367 e. The van der Waals surface area contributed by atoms with Crippen LogP contribution in [0.2, 0.25) is 0 Å². The minimum absolute atomic E-state index is 0.155. The number of rotatable bonds is 3. The zero-order valence-electron chi connectivity index (χ0n) is 9.77. The number of halogens is 1. The highest BCUT2D eigenvalue weighted by molar-refractivity contribution is 5.47. The maximum atomic E-state index is 13.6. The second kappa shape index (κ2) is 5.65. The van der Waals surface area contributed by atoms with E-state index in [1.54, 1.807) is 6.07 Å². The molecule has 0 atom stereocenters. The van der Waals surface area contributed by atoms with Crippen LogP contribution in [0.5, 0.6) is 0 Å². The molecule has 0 amide bonds. The van der Waals surface area contributed by atoms with Gasteiger partial charge in [0.05, 0.1) is 11.8 Å². The fraction of sp³-hybridized carbons (Fsp3) is 0.462. The lowest BCUT2D eigenvalue weighted by Crippen LogP contribution is -2.46. The smallest absolute Gasteiger partial charge is 0.146 e. The fourth-order valence-corrected chi connectivity index (χ4v) is 2.13. The zero-order valence-corrected chi connectivity index (χ0v) is 9.77. The van der Waals surface area contributed by atoms with Crippen LogP contribution in [-0.4, -0.2) is 37.6 Å². The molecule has 1 heterocycles. The van der Waals surface area contributed by atoms with Gasteiger partial charge in [-0.25, -0.2) is 4.39 Å². The minimum Gasteiger partial charge on any atom is -0.367 e. The number of benzene rings is 1. The van der Waals surface area contributed by atoms with Crippen molar-refractivity contribution < 1.29 is 4.39 Å². The van der Waals surface area contributed by atoms with Crippen LogP contribution in [0.15, 0.2) is 24.3 Å². The van der Waals surface area contributed by atoms with Crippen molar-refractivity contribution >= 4 is 5.69 Å². The van der Waals surface area contributed by atoms with E-state index in [2.05, 4.69) is 15.9 Å². The van der Waals surface area contributed by atoms with Crippen molar-refractivity contribution in [3.63, 3.8) is 0 Å². The first-order chi connectivity index (χ1) is 8.31. The molecule has 90 valence electrons. The van der Waals surface area contributed by atoms with Gasteiger partial charge < -0.3 is 4.90 Å². The maximum absolute atomic E-state index is 13.6. The first-order valence-corrected chi connectivity index (χ1v) is 5.90. The van der Waals surface area contributed by atoms with E-state index < -0.39 is 0 Å². The Morgan fingerprint density at radius 3 is 2.53 bits per heavy atom. The summed E-state index contributed by atoms with van der Waals surface area (Å²) in [5.74, 6) is -0.155. The van der Waals surface area contributed by atoms with Crippen molar-refractivity contribution in [3.8, 4) is 6.07 Å². The molecule has 0 aliphatic carbocycles. The lowest BCUT2D eigenvalue weighted by Gasteiger charge is -2.35. The van der Waals surface area contributed by atoms with Crippen molar-refractivity contribution in [3.05, 3.63) is 30.1 Å². The van der Waals surface area contributed by atoms with Gasteiger partial charge in [-0.1, -0.05) is 12.1 Å². The third-order valence-corrected chi connectivity index (χ3v) is 3.11. The molecule has 0 radical (unpaired) electrons. The van der Waals surface area contributed by atoms with Gasteiger partial charge in [0, 0.05) is 39.1 Å². The summed E-state index contributed by atoms with van der Waals surface area (Å²) in [4.78, 5) is 4.32. The van der Waals surface area contributed by atoms with Gasteiger partial charge in [0.1, 0.15) is 5.82 Å². The Bertz CT molecular complexity index is 405. The Kier molecular flexibility index (Phi) is 3.94. The van der Waals surface area contributed by atoms with Crippen molar-refractivity contribution in [1.82, 2.24) is 4.90 Å². The molecule has 2 rings (SSSR count). The van der Waals surface area contributed by atoms with E-state index in [1.807, 2.05) is 12.1 Å². The summed E-state index contributed by atoms with van der Waals surface area (Å²) < 4.78 is 13.6. The third-order valence-electron chi connectivity index (χ3n) is 3.11. The molecule has 0 bridgehead atoms. The van der Waals surface area contributed by atoms with Gasteiger partial charge in [-0.15, -0.1) is 0 Å². The normalized spacial score (nSPS) is 16.8. The average Bonchev–Trinajstić information content (AvgIpc) is 2.38. The quantitative estimate of drug-likeness (QED) is 0.798. The molecule has 0 unspecified atom stereocenters. The molecule has 0 saturated carbocycles. The van der Waals surface area contributed by atoms with Gasteiger partial charge in [-0.3, -0.25) is 4.90 Å². The Balaban J connectivity index is 1.91. The van der Waals surface area contributed by atoms with E-state index in [0.29, 0.717) is 12.1 Å². The topological polar surface area (TPSA) is 30.3 Å². The minimum atomic E-state index is -0.155. The van der Waals surface area contributed by atoms with Crippen LogP contribution in [-0.2, 0) is 0 Å². The van der Waals surface area contributed by atoms with Gasteiger partial charge in [0.2, 0.25) is 0 Å². The highest BCUT2D eigenvalue weighted by Crippen LogP contribution is 2.19. The summed E-state index contributed by atoms with van der Waals surface area (Å²) in [5.41, 5.74) is 0.687. The van der Waals surface area contributed by atoms with Crippen LogP contribution in [0, 0.1) is 17.1 Å². The first kappa shape index (κ1) is 11.9. The SMILES string of the molecule is N#CCCN1CCN(c2ccccc2F)CC1. The number of anilines is 1. The predicted octanol–water partition coefficient (Wildman–Crippen LogP) is 1.86. The van der Waals surface area contributed by atoms with Gasteiger partial charge in [-0.05, 0) is 12.1 Å². The van der Waals surface area contributed by atoms with E-state index in [-0.39, 0.29) is 5.82 Å². The molecule has 3 nitrogen and oxygen atoms in total. The molecule has 1 fully saturated rings. The van der Waals surface area contributed by atoms with Gasteiger partial charge >= 0.3 is 0 Å². The van der Waals surface area contributed by atoms with E-state index in [9.17, 15) is 4.39 Å². The third kappa shape index (κ3) is 2.95. The predicted molar refractivity (Wildman–Crippen MR) is 65.3 cm³/mol. The Morgan fingerprint density at radius 1 is 1.18 bits per heavy atom. The summed E-state index contributed by atoms with van der Waals surface area (Å²) in [6.07, 6.45) is 0.569. The Hall–Kier alpha value is -1.60. The van der Waals surface area contributed by atoms with Crippen LogP contribution >= 0.6 is 0 Å². The molecule has 1 aromatic carbocycles. The summed E-state index contributed by atoms with van der Waals surface area (Å²) in [6.45, 7) is 4.27. The summed E-state index contributed by atoms with van der Waals surface area (Å²) in [5, 5.41) is 8.53. The second-order valence-corrected chi connectivity index (χ2v) is 4.19. The molecule has 1 aliphatic heterocycles. The van der Waals surface area contributed by atoms with Crippen LogP contribution in [0.1, 0.15) is 6.42 Å². The monoisotopic (exact) mass is 233 g/mol. The van der Waals surface area contributed by atoms with Crippen LogP contribution in [0.25, 0.3) is 0 Å². The first-order valence-electron chi connectivity index (χ1n) is 5.90. The summed E-state index contributed by atoms with van der Waals surface area (Å²) in [6, 6.07) is 9.04. The van der Waals surface area contributed by atoms with E-state index in [1.165, 1.54) is 6.07 Å². The van der Waals surface area contributed by atoms with Crippen molar-refractivity contribution in [2.24, 2.45) is 0 Å². The number of hydrogen-bond donors (Lipinski definition) is 0. The van der Waals surface area contributed by atoms with Crippen LogP contribution in [0.4, 0.5) is 10.1 Å². The van der Waals surface area contributed by atoms with Crippen LogP contribution < -0.4 is 4.90 Å². The lowest BCUT2D eigenvalue weighted by molar-refractivity contribution is 0.263. The van der Waals surface area contributed by atoms with Crippen molar-refractivity contribution in [2.75, 3.05) is 37.6 Å². The summed E-state index contributed by atoms with van der Waals surface area (Å²) >= 11 is 0. The number of nitrogens with zero attached hydrogens (tertiary/aromatic N) is 3. The van der Waals surface area contributed by atoms with Crippen molar-refractivity contribution in [2.45, 2.75) is 6.42 Å². The molecule has 0 spiro atoms. The lowest BCUT2D eigenvalue weighted by atomic mass is 10.2. The van der Waals surface area contributed by atoms with Gasteiger partial charge in [0.25, 0.3) is 0 Å². The maximum Gasteiger partial charge on any atom is 0.146 e. The molecule has 1 aromatic rings. The standard InChI is InChI=1S/C13H16FN3/c14-12-4-1-2-5-13(12)17-10-8-16(9-11-17)7-3-6-15/h1-2,4-5H,3,7-11H2. The molecule has 0 aromatic heterocycles. The Labute approximate surface area is 101 Å². The molecule has 1 saturated heterocycles. The summed E-state index contributed by atoms with van der Waals surface area (Å²) in [7, 11) is 0. The van der Waals surface area contributed by atoms with E-state index in [0.717, 1.165) is 32.7 Å². The second-order valence-electron chi connectivity index (χ2n) is 4.19. The molecule has 17 heavy (non-hydrogen) atoms. The van der Waals surface area contributed by atoms with Gasteiger partial charge in [0.15, 0.2) is 0 Å². The molecule has 0 N–H and O–H groups in total. The van der Waals surface area contributed by atoms with Crippen molar-refractivity contribution in [1.29, 1.82) is 5.26 Å². The van der Waals surface area contributed by atoms with Gasteiger partial charge in [-0.2, -0.15) is 5.26 Å². The highest BCUT2D eigenvalue weighted by Gasteiger charge is 2.18. The fourth-order valence-electron chi connectivity index (χ4n) is 2.13. The molecular formula is C13H16FN3. The Morgan fingerprint density at radius 2 is 1.88 bits per heavy atom. The number of piperazine rings is 1. The molecule has 4 heteroatoms. The van der Waals surface area contributed by atoms with E-state index in [4.69, 9.17) is 5.26 Å². The highest BCUT2D eigenvalue weighted by atomic mass is 19.1. The van der Waals surface area contributed by atoms with Crippen LogP contribution in [0.3, 0.4) is 0 Å². The number of nitriles is 1. The van der Waals surface area contributed by atoms with E-state index >= 15 is 0 Å². The molecular weight excluding hydrogens is 217 g/mol.